The maximum absolute atomic E-state index is 5.96. The molecule has 2 aromatic rings. The first-order valence-electron chi connectivity index (χ1n) is 7.24. The lowest BCUT2D eigenvalue weighted by Gasteiger charge is -2.21. The van der Waals surface area contributed by atoms with Crippen LogP contribution in [0.15, 0.2) is 17.5 Å². The number of hydrogen-bond acceptors (Lipinski definition) is 7. The smallest absolute Gasteiger partial charge is 0.223 e. The lowest BCUT2D eigenvalue weighted by atomic mass is 9.95. The first-order valence-corrected chi connectivity index (χ1v) is 7.24. The second-order valence-corrected chi connectivity index (χ2v) is 6.52. The van der Waals surface area contributed by atoms with Gasteiger partial charge in [-0.05, 0) is 27.7 Å². The van der Waals surface area contributed by atoms with Gasteiger partial charge in [-0.1, -0.05) is 5.16 Å². The van der Waals surface area contributed by atoms with Gasteiger partial charge in [-0.3, -0.25) is 0 Å². The van der Waals surface area contributed by atoms with Crippen LogP contribution in [0.25, 0.3) is 10.9 Å². The summed E-state index contributed by atoms with van der Waals surface area (Å²) < 4.78 is 0. The van der Waals surface area contributed by atoms with E-state index >= 15 is 0 Å². The molecule has 2 atom stereocenters. The molecule has 2 aromatic heterocycles. The third-order valence-electron chi connectivity index (χ3n) is 3.48. The van der Waals surface area contributed by atoms with Crippen LogP contribution >= 0.6 is 0 Å². The molecule has 0 fully saturated rings. The molecule has 22 heavy (non-hydrogen) atoms. The first-order chi connectivity index (χ1) is 10.3. The lowest BCUT2D eigenvalue weighted by molar-refractivity contribution is 0.0906. The fourth-order valence-corrected chi connectivity index (χ4v) is 2.42. The minimum atomic E-state index is -0.127. The monoisotopic (exact) mass is 300 g/mol. The maximum Gasteiger partial charge on any atom is 0.223 e. The summed E-state index contributed by atoms with van der Waals surface area (Å²) in [5, 5.41) is 7.90. The Kier molecular flexibility index (Phi) is 3.35. The van der Waals surface area contributed by atoms with Crippen LogP contribution in [0.3, 0.4) is 0 Å². The number of nitrogen functional groups attached to an aromatic ring is 1. The summed E-state index contributed by atoms with van der Waals surface area (Å²) >= 11 is 0. The predicted octanol–water partition coefficient (Wildman–Crippen LogP) is 2.31. The number of nitrogens with one attached hydrogen (secondary N) is 1. The number of rotatable bonds is 2. The van der Waals surface area contributed by atoms with E-state index in [2.05, 4.69) is 46.2 Å². The van der Waals surface area contributed by atoms with Gasteiger partial charge in [0.15, 0.2) is 0 Å². The van der Waals surface area contributed by atoms with Crippen molar-refractivity contribution in [3.63, 3.8) is 0 Å². The van der Waals surface area contributed by atoms with Crippen LogP contribution in [0.2, 0.25) is 0 Å². The Balaban J connectivity index is 2.13. The van der Waals surface area contributed by atoms with Crippen molar-refractivity contribution in [3.8, 4) is 0 Å². The summed E-state index contributed by atoms with van der Waals surface area (Å²) in [5.41, 5.74) is 7.55. The second-order valence-electron chi connectivity index (χ2n) is 6.52. The number of oxime groups is 1. The van der Waals surface area contributed by atoms with Gasteiger partial charge in [-0.25, -0.2) is 15.0 Å². The largest absolute Gasteiger partial charge is 0.392 e. The molecule has 0 bridgehead atoms. The van der Waals surface area contributed by atoms with E-state index in [1.54, 1.807) is 18.6 Å². The Morgan fingerprint density at radius 1 is 1.23 bits per heavy atom. The molecule has 0 saturated carbocycles. The number of nitrogens with two attached hydrogens (primary N) is 1. The lowest BCUT2D eigenvalue weighted by Crippen LogP contribution is -2.27. The van der Waals surface area contributed by atoms with Crippen molar-refractivity contribution in [1.82, 2.24) is 15.0 Å². The van der Waals surface area contributed by atoms with Gasteiger partial charge in [-0.15, -0.1) is 0 Å². The topological polar surface area (TPSA) is 98.3 Å². The highest BCUT2D eigenvalue weighted by Gasteiger charge is 2.27. The van der Waals surface area contributed by atoms with Gasteiger partial charge in [0.05, 0.1) is 23.0 Å². The quantitative estimate of drug-likeness (QED) is 0.883. The fraction of sp³-hybridized carbons (Fsp3) is 0.467. The minimum absolute atomic E-state index is 0.00740. The Morgan fingerprint density at radius 2 is 2.00 bits per heavy atom. The number of hydrogen-bond donors (Lipinski definition) is 2. The van der Waals surface area contributed by atoms with E-state index in [1.807, 2.05) is 6.92 Å². The third kappa shape index (κ3) is 2.66. The van der Waals surface area contributed by atoms with Crippen LogP contribution in [-0.2, 0) is 4.84 Å². The molecule has 1 aliphatic heterocycles. The zero-order chi connectivity index (χ0) is 15.9. The van der Waals surface area contributed by atoms with E-state index in [1.165, 1.54) is 0 Å². The summed E-state index contributed by atoms with van der Waals surface area (Å²) in [6, 6.07) is 0. The van der Waals surface area contributed by atoms with Gasteiger partial charge in [0.25, 0.3) is 0 Å². The average molecular weight is 300 g/mol. The van der Waals surface area contributed by atoms with Crippen molar-refractivity contribution in [2.24, 2.45) is 5.16 Å². The van der Waals surface area contributed by atoms with Gasteiger partial charge < -0.3 is 15.9 Å². The highest BCUT2D eigenvalue weighted by molar-refractivity contribution is 5.92. The summed E-state index contributed by atoms with van der Waals surface area (Å²) in [6.45, 7) is 8.14. The van der Waals surface area contributed by atoms with Crippen LogP contribution in [0.4, 0.5) is 11.8 Å². The molecule has 3 heterocycles. The zero-order valence-corrected chi connectivity index (χ0v) is 13.2. The summed E-state index contributed by atoms with van der Waals surface area (Å²) in [6.07, 6.45) is 5.17. The highest BCUT2D eigenvalue weighted by Crippen LogP contribution is 2.31. The summed E-state index contributed by atoms with van der Waals surface area (Å²) in [4.78, 5) is 18.5. The minimum Gasteiger partial charge on any atom is -0.392 e. The van der Waals surface area contributed by atoms with E-state index in [9.17, 15) is 0 Å². The van der Waals surface area contributed by atoms with E-state index < -0.39 is 0 Å². The fourth-order valence-electron chi connectivity index (χ4n) is 2.42. The molecule has 0 aromatic carbocycles. The Hall–Kier alpha value is -2.44. The third-order valence-corrected chi connectivity index (χ3v) is 3.48. The molecule has 7 nitrogen and oxygen atoms in total. The van der Waals surface area contributed by atoms with E-state index in [0.29, 0.717) is 11.8 Å². The van der Waals surface area contributed by atoms with Crippen molar-refractivity contribution >= 4 is 28.9 Å². The van der Waals surface area contributed by atoms with E-state index in [0.717, 1.165) is 16.5 Å². The van der Waals surface area contributed by atoms with Crippen LogP contribution < -0.4 is 11.1 Å². The number of aromatic nitrogens is 3. The molecule has 0 radical (unpaired) electrons. The Morgan fingerprint density at radius 3 is 2.64 bits per heavy atom. The molecule has 7 heteroatoms. The Bertz CT molecular complexity index is 737. The molecule has 3 rings (SSSR count). The van der Waals surface area contributed by atoms with Crippen molar-refractivity contribution in [1.29, 1.82) is 0 Å². The van der Waals surface area contributed by atoms with Gasteiger partial charge in [0, 0.05) is 23.5 Å². The highest BCUT2D eigenvalue weighted by atomic mass is 16.6. The SMILES string of the molecule is CC1ON=CC1c1cnc(N)c2cnc(NC(C)(C)C)nc12. The molecule has 0 aliphatic carbocycles. The molecule has 116 valence electrons. The van der Waals surface area contributed by atoms with Crippen molar-refractivity contribution < 1.29 is 4.84 Å². The zero-order valence-electron chi connectivity index (χ0n) is 13.2. The van der Waals surface area contributed by atoms with Crippen LogP contribution in [0, 0.1) is 0 Å². The molecule has 0 saturated heterocycles. The standard InChI is InChI=1S/C15H20N6O/c1-8-9(7-19-22-8)10-5-17-13(16)11-6-18-14(20-12(10)11)21-15(2,3)4/h5-9H,1-4H3,(H2,16,17)(H,18,20,21). The molecule has 0 spiro atoms. The molecule has 0 amide bonds. The first kappa shape index (κ1) is 14.5. The predicted molar refractivity (Wildman–Crippen MR) is 86.9 cm³/mol. The van der Waals surface area contributed by atoms with Crippen molar-refractivity contribution in [3.05, 3.63) is 18.0 Å². The van der Waals surface area contributed by atoms with Gasteiger partial charge in [-0.2, -0.15) is 0 Å². The molecule has 1 aliphatic rings. The van der Waals surface area contributed by atoms with Gasteiger partial charge >= 0.3 is 0 Å². The van der Waals surface area contributed by atoms with E-state index in [-0.39, 0.29) is 17.6 Å². The summed E-state index contributed by atoms with van der Waals surface area (Å²) in [7, 11) is 0. The molecule has 2 unspecified atom stereocenters. The molecule has 3 N–H and O–H groups in total. The molecular weight excluding hydrogens is 280 g/mol. The normalized spacial score (nSPS) is 21.1. The van der Waals surface area contributed by atoms with Crippen molar-refractivity contribution in [2.75, 3.05) is 11.1 Å². The average Bonchev–Trinajstić information content (AvgIpc) is 2.83. The van der Waals surface area contributed by atoms with E-state index in [4.69, 9.17) is 10.6 Å². The van der Waals surface area contributed by atoms with Crippen molar-refractivity contribution in [2.45, 2.75) is 45.3 Å². The van der Waals surface area contributed by atoms with Crippen LogP contribution in [-0.4, -0.2) is 32.8 Å². The number of anilines is 2. The number of nitrogens with zero attached hydrogens (tertiary/aromatic N) is 4. The number of fused-ring (bicyclic) bond motifs is 1. The second kappa shape index (κ2) is 5.08. The number of pyridine rings is 1. The maximum atomic E-state index is 5.96. The molecular formula is C15H20N6O. The summed E-state index contributed by atoms with van der Waals surface area (Å²) in [5.74, 6) is 0.993. The van der Waals surface area contributed by atoms with Crippen LogP contribution in [0.1, 0.15) is 39.2 Å². The van der Waals surface area contributed by atoms with Crippen LogP contribution in [0.5, 0.6) is 0 Å². The Labute approximate surface area is 129 Å². The van der Waals surface area contributed by atoms with Gasteiger partial charge in [0.1, 0.15) is 11.9 Å². The van der Waals surface area contributed by atoms with Gasteiger partial charge in [0.2, 0.25) is 5.95 Å².